The number of hydrogen-bond acceptors (Lipinski definition) is 7. The Labute approximate surface area is 223 Å². The molecule has 0 radical (unpaired) electrons. The number of benzene rings is 1. The van der Waals surface area contributed by atoms with E-state index in [1.165, 1.54) is 23.1 Å². The molecule has 0 saturated heterocycles. The normalized spacial score (nSPS) is 15.9. The first-order valence-corrected chi connectivity index (χ1v) is 15.2. The molecule has 1 atom stereocenters. The lowest BCUT2D eigenvalue weighted by Gasteiger charge is -2.30. The number of Topliss-reactive ketones (excluding diaryl/α,β-unsaturated/α-hetero) is 1. The topological polar surface area (TPSA) is 102 Å². The molecule has 3 rings (SSSR count). The molecule has 0 fully saturated rings. The molecule has 36 heavy (non-hydrogen) atoms. The third-order valence-corrected chi connectivity index (χ3v) is 8.84. The minimum atomic E-state index is -3.42. The summed E-state index contributed by atoms with van der Waals surface area (Å²) < 4.78 is 35.7. The van der Waals surface area contributed by atoms with E-state index in [0.717, 1.165) is 42.4 Å². The largest absolute Gasteiger partial charge is 0.493 e. The summed E-state index contributed by atoms with van der Waals surface area (Å²) in [4.78, 5) is 15.5. The highest BCUT2D eigenvalue weighted by Gasteiger charge is 2.31. The van der Waals surface area contributed by atoms with E-state index in [-0.39, 0.29) is 30.1 Å². The van der Waals surface area contributed by atoms with Crippen LogP contribution in [0.2, 0.25) is 5.02 Å². The summed E-state index contributed by atoms with van der Waals surface area (Å²) in [5, 5.41) is 10.3. The van der Waals surface area contributed by atoms with E-state index in [9.17, 15) is 18.3 Å². The van der Waals surface area contributed by atoms with Gasteiger partial charge in [-0.3, -0.25) is 4.79 Å². The van der Waals surface area contributed by atoms with Crippen molar-refractivity contribution in [1.29, 1.82) is 0 Å². The van der Waals surface area contributed by atoms with Gasteiger partial charge < -0.3 is 14.6 Å². The van der Waals surface area contributed by atoms with Crippen LogP contribution in [0.15, 0.2) is 12.1 Å². The number of sulfonamides is 1. The third-order valence-electron chi connectivity index (χ3n) is 6.41. The first kappa shape index (κ1) is 28.9. The van der Waals surface area contributed by atoms with Gasteiger partial charge in [-0.2, -0.15) is 0 Å². The predicted molar refractivity (Wildman–Crippen MR) is 145 cm³/mol. The Morgan fingerprint density at radius 3 is 2.67 bits per heavy atom. The maximum Gasteiger partial charge on any atom is 0.208 e. The summed E-state index contributed by atoms with van der Waals surface area (Å²) in [5.41, 5.74) is 3.76. The number of aryl methyl sites for hydroxylation is 2. The molecule has 1 aliphatic carbocycles. The second-order valence-corrected chi connectivity index (χ2v) is 13.5. The SMILES string of the molecule is CCc1sc(C(=O)CCc2cc(Cl)c(OCC(O)CNS(C)(=O)=O)c(OC)c2)c2c1CC(C)(C)CC2. The van der Waals surface area contributed by atoms with Crippen LogP contribution in [-0.2, 0) is 35.7 Å². The highest BCUT2D eigenvalue weighted by Crippen LogP contribution is 2.42. The van der Waals surface area contributed by atoms with E-state index in [4.69, 9.17) is 21.1 Å². The van der Waals surface area contributed by atoms with E-state index in [1.54, 1.807) is 23.5 Å². The Bertz CT molecular complexity index is 1210. The fourth-order valence-corrected chi connectivity index (χ4v) is 6.53. The first-order chi connectivity index (χ1) is 16.8. The minimum Gasteiger partial charge on any atom is -0.493 e. The number of ketones is 1. The maximum absolute atomic E-state index is 13.2. The summed E-state index contributed by atoms with van der Waals surface area (Å²) in [5.74, 6) is 0.806. The van der Waals surface area contributed by atoms with Crippen molar-refractivity contribution < 1.29 is 27.8 Å². The average Bonchev–Trinajstić information content (AvgIpc) is 3.16. The molecule has 1 unspecified atom stereocenters. The maximum atomic E-state index is 13.2. The summed E-state index contributed by atoms with van der Waals surface area (Å²) >= 11 is 8.10. The molecule has 10 heteroatoms. The van der Waals surface area contributed by atoms with Gasteiger partial charge in [0.15, 0.2) is 17.3 Å². The highest BCUT2D eigenvalue weighted by atomic mass is 35.5. The minimum absolute atomic E-state index is 0.160. The van der Waals surface area contributed by atoms with E-state index < -0.39 is 16.1 Å². The number of methoxy groups -OCH3 is 1. The van der Waals surface area contributed by atoms with Crippen LogP contribution in [0.5, 0.6) is 11.5 Å². The van der Waals surface area contributed by atoms with Crippen LogP contribution in [0.4, 0.5) is 0 Å². The summed E-state index contributed by atoms with van der Waals surface area (Å²) in [7, 11) is -1.93. The Hall–Kier alpha value is -1.65. The van der Waals surface area contributed by atoms with Crippen molar-refractivity contribution in [2.24, 2.45) is 5.41 Å². The van der Waals surface area contributed by atoms with Crippen LogP contribution in [0.3, 0.4) is 0 Å². The van der Waals surface area contributed by atoms with Crippen molar-refractivity contribution in [3.8, 4) is 11.5 Å². The van der Waals surface area contributed by atoms with E-state index in [1.807, 2.05) is 0 Å². The number of fused-ring (bicyclic) bond motifs is 1. The second-order valence-electron chi connectivity index (χ2n) is 10.1. The number of carbonyl (C=O) groups excluding carboxylic acids is 1. The molecule has 2 aromatic rings. The van der Waals surface area contributed by atoms with Crippen LogP contribution < -0.4 is 14.2 Å². The van der Waals surface area contributed by atoms with Gasteiger partial charge in [-0.15, -0.1) is 11.3 Å². The van der Waals surface area contributed by atoms with Crippen molar-refractivity contribution in [2.45, 2.75) is 65.4 Å². The number of thiophene rings is 1. The van der Waals surface area contributed by atoms with E-state index in [0.29, 0.717) is 23.6 Å². The number of aliphatic hydroxyl groups is 1. The lowest BCUT2D eigenvalue weighted by Crippen LogP contribution is -2.34. The smallest absolute Gasteiger partial charge is 0.208 e. The van der Waals surface area contributed by atoms with Gasteiger partial charge in [-0.1, -0.05) is 32.4 Å². The monoisotopic (exact) mass is 557 g/mol. The summed E-state index contributed by atoms with van der Waals surface area (Å²) in [6, 6.07) is 3.51. The van der Waals surface area contributed by atoms with Crippen LogP contribution in [0.25, 0.3) is 0 Å². The second kappa shape index (κ2) is 11.8. The van der Waals surface area contributed by atoms with Gasteiger partial charge in [0.2, 0.25) is 10.0 Å². The van der Waals surface area contributed by atoms with Gasteiger partial charge in [0, 0.05) is 17.8 Å². The zero-order chi connectivity index (χ0) is 26.7. The molecule has 1 heterocycles. The molecule has 1 aromatic heterocycles. The molecule has 2 N–H and O–H groups in total. The Kier molecular flexibility index (Phi) is 9.49. The molecule has 7 nitrogen and oxygen atoms in total. The van der Waals surface area contributed by atoms with Gasteiger partial charge in [0.1, 0.15) is 12.7 Å². The Balaban J connectivity index is 1.68. The summed E-state index contributed by atoms with van der Waals surface area (Å²) in [6.45, 7) is 6.40. The summed E-state index contributed by atoms with van der Waals surface area (Å²) in [6.07, 6.45) is 4.86. The molecule has 1 aliphatic rings. The molecule has 0 bridgehead atoms. The van der Waals surface area contributed by atoms with Crippen LogP contribution in [0, 0.1) is 5.41 Å². The molecular formula is C26H36ClNO6S2. The van der Waals surface area contributed by atoms with Gasteiger partial charge in [0.25, 0.3) is 0 Å². The first-order valence-electron chi connectivity index (χ1n) is 12.1. The zero-order valence-electron chi connectivity index (χ0n) is 21.6. The lowest BCUT2D eigenvalue weighted by molar-refractivity contribution is 0.0985. The predicted octanol–water partition coefficient (Wildman–Crippen LogP) is 4.59. The van der Waals surface area contributed by atoms with Crippen LogP contribution in [-0.4, -0.2) is 51.9 Å². The lowest BCUT2D eigenvalue weighted by atomic mass is 9.74. The zero-order valence-corrected chi connectivity index (χ0v) is 24.0. The van der Waals surface area contributed by atoms with Crippen LogP contribution >= 0.6 is 22.9 Å². The van der Waals surface area contributed by atoms with E-state index in [2.05, 4.69) is 25.5 Å². The molecule has 1 aromatic carbocycles. The molecule has 0 amide bonds. The number of halogens is 1. The van der Waals surface area contributed by atoms with Crippen LogP contribution in [0.1, 0.15) is 64.9 Å². The quantitative estimate of drug-likeness (QED) is 0.370. The number of aliphatic hydroxyl groups excluding tert-OH is 1. The van der Waals surface area contributed by atoms with Crippen molar-refractivity contribution in [2.75, 3.05) is 26.5 Å². The Morgan fingerprint density at radius 2 is 2.03 bits per heavy atom. The van der Waals surface area contributed by atoms with Gasteiger partial charge in [0.05, 0.1) is 23.3 Å². The molecule has 0 aliphatic heterocycles. The fourth-order valence-electron chi connectivity index (χ4n) is 4.48. The number of rotatable bonds is 12. The average molecular weight is 558 g/mol. The van der Waals surface area contributed by atoms with E-state index >= 15 is 0 Å². The number of carbonyl (C=O) groups is 1. The molecular weight excluding hydrogens is 522 g/mol. The molecule has 200 valence electrons. The molecule has 0 spiro atoms. The number of ether oxygens (including phenoxy) is 2. The molecule has 0 saturated carbocycles. The third kappa shape index (κ3) is 7.44. The van der Waals surface area contributed by atoms with Crippen molar-refractivity contribution in [3.05, 3.63) is 43.6 Å². The van der Waals surface area contributed by atoms with Crippen molar-refractivity contribution in [3.63, 3.8) is 0 Å². The van der Waals surface area contributed by atoms with Crippen molar-refractivity contribution in [1.82, 2.24) is 4.72 Å². The number of hydrogen-bond donors (Lipinski definition) is 2. The van der Waals surface area contributed by atoms with Gasteiger partial charge in [-0.25, -0.2) is 13.1 Å². The van der Waals surface area contributed by atoms with Gasteiger partial charge in [-0.05, 0) is 66.3 Å². The number of nitrogens with one attached hydrogen (secondary N) is 1. The standard InChI is InChI=1S/C26H36ClNO6S2/c1-6-23-19-13-26(2,3)10-9-18(19)25(35-23)21(30)8-7-16-11-20(27)24(22(12-16)33-4)34-15-17(29)14-28-36(5,31)32/h11-12,17,28-29H,6-10,13-15H2,1-5H3. The Morgan fingerprint density at radius 1 is 1.31 bits per heavy atom. The van der Waals surface area contributed by atoms with Crippen molar-refractivity contribution >= 4 is 38.7 Å². The fraction of sp³-hybridized carbons (Fsp3) is 0.577. The van der Waals surface area contributed by atoms with Gasteiger partial charge >= 0.3 is 0 Å². The highest BCUT2D eigenvalue weighted by molar-refractivity contribution is 7.88.